The van der Waals surface area contributed by atoms with E-state index in [1.54, 1.807) is 17.0 Å². The van der Waals surface area contributed by atoms with Gasteiger partial charge in [-0.1, -0.05) is 12.1 Å². The fraction of sp³-hybridized carbons (Fsp3) is 0.381. The number of nitrogens with one attached hydrogen (secondary N) is 1. The second-order valence-electron chi connectivity index (χ2n) is 7.59. The zero-order chi connectivity index (χ0) is 19.9. The summed E-state index contributed by atoms with van der Waals surface area (Å²) in [5.41, 5.74) is 10.4. The Labute approximate surface area is 177 Å². The van der Waals surface area contributed by atoms with Crippen molar-refractivity contribution in [3.05, 3.63) is 53.1 Å². The molecule has 0 bridgehead atoms. The molecule has 1 amide bonds. The highest BCUT2D eigenvalue weighted by molar-refractivity contribution is 7.89. The SMILES string of the molecule is CC(=O)N1CCCc2ccc(S(=O)(=O)NC3CCCc4cc(N)ccc43)cc21.Cl. The number of nitrogen functional groups attached to an aromatic ring is 1. The van der Waals surface area contributed by atoms with Gasteiger partial charge in [0.25, 0.3) is 0 Å². The van der Waals surface area contributed by atoms with E-state index in [-0.39, 0.29) is 29.3 Å². The zero-order valence-electron chi connectivity index (χ0n) is 16.3. The van der Waals surface area contributed by atoms with Crippen LogP contribution in [0.2, 0.25) is 0 Å². The first-order chi connectivity index (χ1) is 13.3. The number of halogens is 1. The molecular formula is C21H26ClN3O3S. The molecule has 2 aromatic carbocycles. The smallest absolute Gasteiger partial charge is 0.241 e. The molecule has 1 aliphatic heterocycles. The fourth-order valence-electron chi connectivity index (χ4n) is 4.26. The van der Waals surface area contributed by atoms with Crippen LogP contribution in [0.25, 0.3) is 0 Å². The Hall–Kier alpha value is -2.09. The van der Waals surface area contributed by atoms with Crippen molar-refractivity contribution in [3.8, 4) is 0 Å². The molecule has 0 radical (unpaired) electrons. The van der Waals surface area contributed by atoms with Gasteiger partial charge in [0, 0.05) is 30.9 Å². The van der Waals surface area contributed by atoms with Crippen LogP contribution in [0, 0.1) is 0 Å². The lowest BCUT2D eigenvalue weighted by atomic mass is 9.88. The molecule has 0 spiro atoms. The number of benzene rings is 2. The Morgan fingerprint density at radius 1 is 1.10 bits per heavy atom. The van der Waals surface area contributed by atoms with E-state index in [4.69, 9.17) is 5.73 Å². The molecule has 2 aromatic rings. The number of nitrogens with two attached hydrogens (primary N) is 1. The van der Waals surface area contributed by atoms with Crippen molar-refractivity contribution in [2.45, 2.75) is 50.0 Å². The molecule has 3 N–H and O–H groups in total. The third-order valence-electron chi connectivity index (χ3n) is 5.64. The van der Waals surface area contributed by atoms with E-state index in [1.807, 2.05) is 24.3 Å². The summed E-state index contributed by atoms with van der Waals surface area (Å²) in [7, 11) is -3.71. The molecule has 2 aliphatic rings. The van der Waals surface area contributed by atoms with Gasteiger partial charge in [0.2, 0.25) is 15.9 Å². The number of fused-ring (bicyclic) bond motifs is 2. The molecule has 1 unspecified atom stereocenters. The third-order valence-corrected chi connectivity index (χ3v) is 7.11. The van der Waals surface area contributed by atoms with E-state index in [2.05, 4.69) is 4.72 Å². The normalized spacial score (nSPS) is 18.4. The van der Waals surface area contributed by atoms with Gasteiger partial charge in [-0.25, -0.2) is 13.1 Å². The summed E-state index contributed by atoms with van der Waals surface area (Å²) in [5, 5.41) is 0. The second kappa shape index (κ2) is 8.34. The maximum Gasteiger partial charge on any atom is 0.241 e. The van der Waals surface area contributed by atoms with Gasteiger partial charge in [-0.2, -0.15) is 0 Å². The molecule has 1 aliphatic carbocycles. The predicted octanol–water partition coefficient (Wildman–Crippen LogP) is 3.35. The van der Waals surface area contributed by atoms with E-state index < -0.39 is 10.0 Å². The van der Waals surface area contributed by atoms with E-state index in [0.717, 1.165) is 48.8 Å². The predicted molar refractivity (Wildman–Crippen MR) is 117 cm³/mol. The van der Waals surface area contributed by atoms with Crippen LogP contribution in [0.5, 0.6) is 0 Å². The Bertz CT molecular complexity index is 1040. The van der Waals surface area contributed by atoms with Crippen molar-refractivity contribution in [2.75, 3.05) is 17.2 Å². The number of hydrogen-bond donors (Lipinski definition) is 2. The average molecular weight is 436 g/mol. The molecule has 29 heavy (non-hydrogen) atoms. The summed E-state index contributed by atoms with van der Waals surface area (Å²) in [4.78, 5) is 13.8. The lowest BCUT2D eigenvalue weighted by molar-refractivity contribution is -0.116. The molecule has 1 heterocycles. The highest BCUT2D eigenvalue weighted by Gasteiger charge is 2.28. The number of anilines is 2. The van der Waals surface area contributed by atoms with Crippen LogP contribution >= 0.6 is 12.4 Å². The van der Waals surface area contributed by atoms with Gasteiger partial charge in [0.1, 0.15) is 0 Å². The van der Waals surface area contributed by atoms with Gasteiger partial charge in [0.05, 0.1) is 4.90 Å². The molecule has 8 heteroatoms. The van der Waals surface area contributed by atoms with E-state index in [1.165, 1.54) is 6.92 Å². The van der Waals surface area contributed by atoms with E-state index in [9.17, 15) is 13.2 Å². The monoisotopic (exact) mass is 435 g/mol. The van der Waals surface area contributed by atoms with Gasteiger partial charge in [-0.05, 0) is 73.1 Å². The van der Waals surface area contributed by atoms with Gasteiger partial charge >= 0.3 is 0 Å². The average Bonchev–Trinajstić information content (AvgIpc) is 2.66. The maximum absolute atomic E-state index is 13.1. The number of rotatable bonds is 3. The third kappa shape index (κ3) is 4.27. The Morgan fingerprint density at radius 3 is 2.62 bits per heavy atom. The summed E-state index contributed by atoms with van der Waals surface area (Å²) in [6.07, 6.45) is 4.31. The van der Waals surface area contributed by atoms with Crippen molar-refractivity contribution in [3.63, 3.8) is 0 Å². The van der Waals surface area contributed by atoms with Crippen molar-refractivity contribution in [2.24, 2.45) is 0 Å². The van der Waals surface area contributed by atoms with Crippen LogP contribution in [0.1, 0.15) is 48.9 Å². The number of carbonyl (C=O) groups is 1. The van der Waals surface area contributed by atoms with E-state index in [0.29, 0.717) is 17.9 Å². The van der Waals surface area contributed by atoms with Crippen LogP contribution in [0.15, 0.2) is 41.3 Å². The molecule has 1 atom stereocenters. The number of aryl methyl sites for hydroxylation is 2. The van der Waals surface area contributed by atoms with E-state index >= 15 is 0 Å². The molecule has 0 saturated heterocycles. The number of nitrogens with zero attached hydrogens (tertiary/aromatic N) is 1. The van der Waals surface area contributed by atoms with Crippen molar-refractivity contribution < 1.29 is 13.2 Å². The molecule has 0 saturated carbocycles. The standard InChI is InChI=1S/C21H25N3O3S.ClH/c1-14(25)24-11-3-5-15-7-9-18(13-21(15)24)28(26,27)23-20-6-2-4-16-12-17(22)8-10-19(16)20;/h7-10,12-13,20,23H,2-6,11,22H2,1H3;1H. The zero-order valence-corrected chi connectivity index (χ0v) is 18.0. The quantitative estimate of drug-likeness (QED) is 0.723. The van der Waals surface area contributed by atoms with Crippen molar-refractivity contribution in [1.29, 1.82) is 0 Å². The summed E-state index contributed by atoms with van der Waals surface area (Å²) >= 11 is 0. The maximum atomic E-state index is 13.1. The minimum absolute atomic E-state index is 0. The number of hydrogen-bond acceptors (Lipinski definition) is 4. The lowest BCUT2D eigenvalue weighted by Crippen LogP contribution is -2.34. The molecule has 156 valence electrons. The van der Waals surface area contributed by atoms with Crippen LogP contribution in [0.4, 0.5) is 11.4 Å². The topological polar surface area (TPSA) is 92.5 Å². The first kappa shape index (κ1) is 21.6. The molecule has 0 aromatic heterocycles. The molecule has 0 fully saturated rings. The van der Waals surface area contributed by atoms with Gasteiger partial charge in [0.15, 0.2) is 0 Å². The minimum Gasteiger partial charge on any atom is -0.399 e. The first-order valence-electron chi connectivity index (χ1n) is 9.67. The Morgan fingerprint density at radius 2 is 1.86 bits per heavy atom. The summed E-state index contributed by atoms with van der Waals surface area (Å²) < 4.78 is 29.1. The number of amides is 1. The van der Waals surface area contributed by atoms with Crippen molar-refractivity contribution >= 4 is 39.7 Å². The van der Waals surface area contributed by atoms with Crippen LogP contribution in [-0.2, 0) is 27.7 Å². The van der Waals surface area contributed by atoms with Gasteiger partial charge in [-0.15, -0.1) is 12.4 Å². The van der Waals surface area contributed by atoms with Crippen LogP contribution in [-0.4, -0.2) is 20.9 Å². The van der Waals surface area contributed by atoms with Crippen LogP contribution < -0.4 is 15.4 Å². The first-order valence-corrected chi connectivity index (χ1v) is 11.1. The number of sulfonamides is 1. The molecular weight excluding hydrogens is 410 g/mol. The van der Waals surface area contributed by atoms with Gasteiger partial charge in [-0.3, -0.25) is 4.79 Å². The Balaban J connectivity index is 0.00000240. The highest BCUT2D eigenvalue weighted by atomic mass is 35.5. The fourth-order valence-corrected chi connectivity index (χ4v) is 5.53. The molecule has 6 nitrogen and oxygen atoms in total. The lowest BCUT2D eigenvalue weighted by Gasteiger charge is -2.29. The Kier molecular flexibility index (Phi) is 6.22. The minimum atomic E-state index is -3.71. The molecule has 4 rings (SSSR count). The summed E-state index contributed by atoms with van der Waals surface area (Å²) in [5.74, 6) is -0.0674. The van der Waals surface area contributed by atoms with Crippen molar-refractivity contribution in [1.82, 2.24) is 4.72 Å². The largest absolute Gasteiger partial charge is 0.399 e. The number of carbonyl (C=O) groups excluding carboxylic acids is 1. The highest BCUT2D eigenvalue weighted by Crippen LogP contribution is 2.34. The van der Waals surface area contributed by atoms with Gasteiger partial charge < -0.3 is 10.6 Å². The summed E-state index contributed by atoms with van der Waals surface area (Å²) in [6.45, 7) is 2.13. The summed E-state index contributed by atoms with van der Waals surface area (Å²) in [6, 6.07) is 10.5. The second-order valence-corrected chi connectivity index (χ2v) is 9.30. The van der Waals surface area contributed by atoms with Crippen LogP contribution in [0.3, 0.4) is 0 Å².